The van der Waals surface area contributed by atoms with Crippen molar-refractivity contribution >= 4 is 17.7 Å². The standard InChI is InChI=1S/C27H22N4O2/c1-19-8-6-7-11-25(19)29-27(32)21(17-28)16-22-18-31(23-9-4-3-5-10-23)30-26(22)20-12-14-24(33-2)15-13-20/h3-16,18H,1-2H3,(H,29,32). The lowest BCUT2D eigenvalue weighted by Crippen LogP contribution is -2.14. The van der Waals surface area contributed by atoms with Crippen LogP contribution in [-0.4, -0.2) is 22.8 Å². The fraction of sp³-hybridized carbons (Fsp3) is 0.0741. The van der Waals surface area contributed by atoms with Crippen LogP contribution in [0.25, 0.3) is 23.0 Å². The zero-order valence-corrected chi connectivity index (χ0v) is 18.3. The molecular weight excluding hydrogens is 412 g/mol. The molecule has 0 atom stereocenters. The van der Waals surface area contributed by atoms with E-state index in [0.717, 1.165) is 22.6 Å². The maximum Gasteiger partial charge on any atom is 0.266 e. The van der Waals surface area contributed by atoms with Crippen molar-refractivity contribution < 1.29 is 9.53 Å². The lowest BCUT2D eigenvalue weighted by Gasteiger charge is -2.07. The number of amides is 1. The van der Waals surface area contributed by atoms with Crippen LogP contribution in [0.4, 0.5) is 5.69 Å². The third-order valence-electron chi connectivity index (χ3n) is 5.18. The number of para-hydroxylation sites is 2. The fourth-order valence-corrected chi connectivity index (χ4v) is 3.39. The molecule has 4 aromatic rings. The maximum absolute atomic E-state index is 12.9. The van der Waals surface area contributed by atoms with Gasteiger partial charge in [0, 0.05) is 23.0 Å². The third kappa shape index (κ3) is 4.83. The molecule has 0 radical (unpaired) electrons. The molecule has 0 bridgehead atoms. The number of methoxy groups -OCH3 is 1. The van der Waals surface area contributed by atoms with Gasteiger partial charge in [-0.3, -0.25) is 4.79 Å². The van der Waals surface area contributed by atoms with Crippen LogP contribution in [0.1, 0.15) is 11.1 Å². The van der Waals surface area contributed by atoms with Gasteiger partial charge < -0.3 is 10.1 Å². The number of carbonyl (C=O) groups is 1. The predicted molar refractivity (Wildman–Crippen MR) is 129 cm³/mol. The summed E-state index contributed by atoms with van der Waals surface area (Å²) in [6.45, 7) is 1.90. The first-order valence-electron chi connectivity index (χ1n) is 10.4. The summed E-state index contributed by atoms with van der Waals surface area (Å²) in [6.07, 6.45) is 3.38. The quantitative estimate of drug-likeness (QED) is 0.325. The van der Waals surface area contributed by atoms with Gasteiger partial charge in [-0.2, -0.15) is 10.4 Å². The van der Waals surface area contributed by atoms with Crippen LogP contribution < -0.4 is 10.1 Å². The molecule has 0 fully saturated rings. The number of nitrogens with one attached hydrogen (secondary N) is 1. The molecule has 3 aromatic carbocycles. The Bertz CT molecular complexity index is 1350. The van der Waals surface area contributed by atoms with Gasteiger partial charge in [-0.1, -0.05) is 36.4 Å². The largest absolute Gasteiger partial charge is 0.497 e. The molecule has 1 amide bonds. The van der Waals surface area contributed by atoms with Crippen LogP contribution in [-0.2, 0) is 4.79 Å². The molecule has 33 heavy (non-hydrogen) atoms. The van der Waals surface area contributed by atoms with Gasteiger partial charge in [0.05, 0.1) is 18.5 Å². The van der Waals surface area contributed by atoms with Crippen molar-refractivity contribution in [1.29, 1.82) is 5.26 Å². The highest BCUT2D eigenvalue weighted by atomic mass is 16.5. The summed E-state index contributed by atoms with van der Waals surface area (Å²) in [5.41, 5.74) is 4.58. The molecule has 0 aliphatic heterocycles. The number of hydrogen-bond acceptors (Lipinski definition) is 4. The van der Waals surface area contributed by atoms with Crippen molar-refractivity contribution in [3.63, 3.8) is 0 Å². The average Bonchev–Trinajstić information content (AvgIpc) is 3.28. The Morgan fingerprint density at radius 2 is 1.73 bits per heavy atom. The molecule has 0 saturated carbocycles. The van der Waals surface area contributed by atoms with Crippen molar-refractivity contribution in [2.45, 2.75) is 6.92 Å². The van der Waals surface area contributed by atoms with E-state index in [0.29, 0.717) is 16.9 Å². The Morgan fingerprint density at radius 3 is 2.39 bits per heavy atom. The van der Waals surface area contributed by atoms with Gasteiger partial charge in [0.2, 0.25) is 0 Å². The Morgan fingerprint density at radius 1 is 1.03 bits per heavy atom. The van der Waals surface area contributed by atoms with E-state index in [1.807, 2.05) is 92.0 Å². The summed E-state index contributed by atoms with van der Waals surface area (Å²) in [4.78, 5) is 12.9. The van der Waals surface area contributed by atoms with E-state index in [2.05, 4.69) is 5.32 Å². The number of rotatable bonds is 6. The maximum atomic E-state index is 12.9. The van der Waals surface area contributed by atoms with Crippen molar-refractivity contribution in [2.24, 2.45) is 0 Å². The summed E-state index contributed by atoms with van der Waals surface area (Å²) in [7, 11) is 1.61. The number of nitriles is 1. The number of ether oxygens (including phenoxy) is 1. The number of benzene rings is 3. The van der Waals surface area contributed by atoms with E-state index >= 15 is 0 Å². The van der Waals surface area contributed by atoms with E-state index in [-0.39, 0.29) is 5.57 Å². The van der Waals surface area contributed by atoms with Gasteiger partial charge in [-0.05, 0) is 61.0 Å². The summed E-state index contributed by atoms with van der Waals surface area (Å²) < 4.78 is 6.99. The van der Waals surface area contributed by atoms with Crippen LogP contribution in [0.2, 0.25) is 0 Å². The summed E-state index contributed by atoms with van der Waals surface area (Å²) in [6, 6.07) is 26.6. The van der Waals surface area contributed by atoms with E-state index in [1.165, 1.54) is 0 Å². The molecule has 4 rings (SSSR count). The lowest BCUT2D eigenvalue weighted by atomic mass is 10.1. The molecule has 0 spiro atoms. The Labute approximate surface area is 192 Å². The first-order valence-corrected chi connectivity index (χ1v) is 10.4. The van der Waals surface area contributed by atoms with Gasteiger partial charge >= 0.3 is 0 Å². The van der Waals surface area contributed by atoms with Gasteiger partial charge in [0.1, 0.15) is 17.4 Å². The van der Waals surface area contributed by atoms with E-state index in [9.17, 15) is 10.1 Å². The highest BCUT2D eigenvalue weighted by molar-refractivity contribution is 6.10. The minimum absolute atomic E-state index is 0.0133. The number of anilines is 1. The monoisotopic (exact) mass is 434 g/mol. The molecule has 0 unspecified atom stereocenters. The number of nitrogens with zero attached hydrogens (tertiary/aromatic N) is 3. The number of aromatic nitrogens is 2. The Balaban J connectivity index is 1.76. The SMILES string of the molecule is COc1ccc(-c2nn(-c3ccccc3)cc2C=C(C#N)C(=O)Nc2ccccc2C)cc1. The third-order valence-corrected chi connectivity index (χ3v) is 5.18. The molecular formula is C27H22N4O2. The molecule has 0 saturated heterocycles. The number of carbonyl (C=O) groups excluding carboxylic acids is 1. The van der Waals surface area contributed by atoms with Crippen molar-refractivity contribution in [2.75, 3.05) is 12.4 Å². The lowest BCUT2D eigenvalue weighted by molar-refractivity contribution is -0.112. The fourth-order valence-electron chi connectivity index (χ4n) is 3.39. The highest BCUT2D eigenvalue weighted by Crippen LogP contribution is 2.28. The smallest absolute Gasteiger partial charge is 0.266 e. The van der Waals surface area contributed by atoms with Crippen molar-refractivity contribution in [1.82, 2.24) is 9.78 Å². The molecule has 6 heteroatoms. The van der Waals surface area contributed by atoms with Crippen LogP contribution >= 0.6 is 0 Å². The van der Waals surface area contributed by atoms with E-state index in [4.69, 9.17) is 9.84 Å². The zero-order valence-electron chi connectivity index (χ0n) is 18.3. The summed E-state index contributed by atoms with van der Waals surface area (Å²) in [5.74, 6) is 0.258. The molecule has 1 aromatic heterocycles. The molecule has 162 valence electrons. The first-order chi connectivity index (χ1) is 16.1. The normalized spacial score (nSPS) is 11.0. The Kier molecular flexibility index (Phi) is 6.33. The van der Waals surface area contributed by atoms with Gasteiger partial charge in [0.15, 0.2) is 0 Å². The number of hydrogen-bond donors (Lipinski definition) is 1. The van der Waals surface area contributed by atoms with Crippen LogP contribution in [0, 0.1) is 18.3 Å². The van der Waals surface area contributed by atoms with Gasteiger partial charge in [-0.25, -0.2) is 4.68 Å². The second-order valence-corrected chi connectivity index (χ2v) is 7.38. The summed E-state index contributed by atoms with van der Waals surface area (Å²) >= 11 is 0. The molecule has 0 aliphatic rings. The van der Waals surface area contributed by atoms with Crippen LogP contribution in [0.15, 0.2) is 90.6 Å². The zero-order chi connectivity index (χ0) is 23.2. The van der Waals surface area contributed by atoms with Crippen LogP contribution in [0.5, 0.6) is 5.75 Å². The number of aryl methyl sites for hydroxylation is 1. The second kappa shape index (κ2) is 9.67. The van der Waals surface area contributed by atoms with Crippen molar-refractivity contribution in [3.05, 3.63) is 102 Å². The highest BCUT2D eigenvalue weighted by Gasteiger charge is 2.16. The first kappa shape index (κ1) is 21.6. The minimum Gasteiger partial charge on any atom is -0.497 e. The van der Waals surface area contributed by atoms with E-state index < -0.39 is 5.91 Å². The van der Waals surface area contributed by atoms with Gasteiger partial charge in [0.25, 0.3) is 5.91 Å². The van der Waals surface area contributed by atoms with Crippen LogP contribution in [0.3, 0.4) is 0 Å². The second-order valence-electron chi connectivity index (χ2n) is 7.38. The van der Waals surface area contributed by atoms with Gasteiger partial charge in [-0.15, -0.1) is 0 Å². The molecule has 6 nitrogen and oxygen atoms in total. The minimum atomic E-state index is -0.472. The predicted octanol–water partition coefficient (Wildman–Crippen LogP) is 5.40. The molecule has 1 N–H and O–H groups in total. The molecule has 1 heterocycles. The van der Waals surface area contributed by atoms with E-state index in [1.54, 1.807) is 23.9 Å². The topological polar surface area (TPSA) is 79.9 Å². The Hall–Kier alpha value is -4.63. The summed E-state index contributed by atoms with van der Waals surface area (Å²) in [5, 5.41) is 17.3. The van der Waals surface area contributed by atoms with Crippen molar-refractivity contribution in [3.8, 4) is 28.8 Å². The molecule has 0 aliphatic carbocycles. The average molecular weight is 434 g/mol.